The van der Waals surface area contributed by atoms with Crippen molar-refractivity contribution in [3.63, 3.8) is 0 Å². The van der Waals surface area contributed by atoms with Crippen molar-refractivity contribution < 1.29 is 4.74 Å². The van der Waals surface area contributed by atoms with Gasteiger partial charge in [0.05, 0.1) is 5.60 Å². The molecule has 0 bridgehead atoms. The van der Waals surface area contributed by atoms with Gasteiger partial charge in [0.1, 0.15) is 0 Å². The quantitative estimate of drug-likeness (QED) is 0.741. The second-order valence-corrected chi connectivity index (χ2v) is 5.48. The summed E-state index contributed by atoms with van der Waals surface area (Å²) in [5, 5.41) is 3.49. The van der Waals surface area contributed by atoms with Crippen LogP contribution in [-0.4, -0.2) is 49.8 Å². The Labute approximate surface area is 107 Å². The van der Waals surface area contributed by atoms with Crippen molar-refractivity contribution in [1.29, 1.82) is 0 Å². The molecule has 0 radical (unpaired) electrons. The number of methoxy groups -OCH3 is 1. The van der Waals surface area contributed by atoms with Gasteiger partial charge in [0, 0.05) is 26.2 Å². The van der Waals surface area contributed by atoms with Crippen LogP contribution in [0, 0.1) is 0 Å². The van der Waals surface area contributed by atoms with E-state index in [1.54, 1.807) is 0 Å². The number of nitrogens with one attached hydrogen (secondary N) is 1. The molecule has 3 nitrogen and oxygen atoms in total. The highest BCUT2D eigenvalue weighted by Gasteiger charge is 2.33. The van der Waals surface area contributed by atoms with Gasteiger partial charge in [0.25, 0.3) is 0 Å². The van der Waals surface area contributed by atoms with Gasteiger partial charge in [-0.25, -0.2) is 0 Å². The molecule has 3 heteroatoms. The third kappa shape index (κ3) is 4.57. The largest absolute Gasteiger partial charge is 0.377 e. The van der Waals surface area contributed by atoms with E-state index in [1.807, 2.05) is 7.11 Å². The Morgan fingerprint density at radius 3 is 2.76 bits per heavy atom. The zero-order valence-electron chi connectivity index (χ0n) is 12.1. The molecule has 1 aliphatic heterocycles. The molecule has 17 heavy (non-hydrogen) atoms. The van der Waals surface area contributed by atoms with E-state index in [1.165, 1.54) is 32.2 Å². The topological polar surface area (TPSA) is 24.5 Å². The Balaban J connectivity index is 2.53. The molecule has 1 fully saturated rings. The Kier molecular flexibility index (Phi) is 6.45. The fraction of sp³-hybridized carbons (Fsp3) is 1.00. The van der Waals surface area contributed by atoms with Gasteiger partial charge in [-0.1, -0.05) is 20.3 Å². The highest BCUT2D eigenvalue weighted by Crippen LogP contribution is 2.26. The van der Waals surface area contributed by atoms with Crippen LogP contribution in [0.4, 0.5) is 0 Å². The van der Waals surface area contributed by atoms with E-state index in [9.17, 15) is 0 Å². The van der Waals surface area contributed by atoms with E-state index >= 15 is 0 Å². The molecule has 1 heterocycles. The van der Waals surface area contributed by atoms with Crippen molar-refractivity contribution >= 4 is 0 Å². The monoisotopic (exact) mass is 242 g/mol. The van der Waals surface area contributed by atoms with Gasteiger partial charge >= 0.3 is 0 Å². The van der Waals surface area contributed by atoms with E-state index in [2.05, 4.69) is 31.0 Å². The molecule has 1 rings (SSSR count). The molecule has 0 aliphatic carbocycles. The molecule has 1 aliphatic rings. The van der Waals surface area contributed by atoms with Crippen molar-refractivity contribution in [2.75, 3.05) is 33.3 Å². The Hall–Kier alpha value is -0.120. The van der Waals surface area contributed by atoms with Gasteiger partial charge in [0.15, 0.2) is 0 Å². The van der Waals surface area contributed by atoms with E-state index in [-0.39, 0.29) is 5.60 Å². The Bertz CT molecular complexity index is 210. The Morgan fingerprint density at radius 2 is 2.18 bits per heavy atom. The third-order valence-electron chi connectivity index (χ3n) is 3.95. The molecule has 0 aromatic heterocycles. The minimum Gasteiger partial charge on any atom is -0.377 e. The molecule has 0 spiro atoms. The normalized spacial score (nSPS) is 28.2. The fourth-order valence-corrected chi connectivity index (χ4v) is 2.78. The standard InChI is InChI=1S/C14H30N2O/c1-5-8-13(11-15-6-2)16-10-7-9-14(3,12-16)17-4/h13,15H,5-12H2,1-4H3. The minimum atomic E-state index is 0.0659. The highest BCUT2D eigenvalue weighted by atomic mass is 16.5. The minimum absolute atomic E-state index is 0.0659. The number of hydrogen-bond donors (Lipinski definition) is 1. The van der Waals surface area contributed by atoms with Crippen LogP contribution in [-0.2, 0) is 4.74 Å². The molecule has 0 aromatic rings. The highest BCUT2D eigenvalue weighted by molar-refractivity contribution is 4.88. The van der Waals surface area contributed by atoms with Crippen LogP contribution >= 0.6 is 0 Å². The third-order valence-corrected chi connectivity index (χ3v) is 3.95. The average Bonchev–Trinajstić information content (AvgIpc) is 2.34. The van der Waals surface area contributed by atoms with Crippen LogP contribution in [0.1, 0.15) is 46.5 Å². The first-order valence-corrected chi connectivity index (χ1v) is 7.15. The summed E-state index contributed by atoms with van der Waals surface area (Å²) in [5.74, 6) is 0. The van der Waals surface area contributed by atoms with E-state index in [0.29, 0.717) is 6.04 Å². The van der Waals surface area contributed by atoms with Crippen molar-refractivity contribution in [2.45, 2.75) is 58.1 Å². The van der Waals surface area contributed by atoms with Gasteiger partial charge in [-0.05, 0) is 39.3 Å². The number of nitrogens with zero attached hydrogens (tertiary/aromatic N) is 1. The maximum absolute atomic E-state index is 5.68. The lowest BCUT2D eigenvalue weighted by molar-refractivity contribution is -0.0618. The van der Waals surface area contributed by atoms with E-state index in [4.69, 9.17) is 4.74 Å². The molecule has 1 saturated heterocycles. The molecule has 102 valence electrons. The van der Waals surface area contributed by atoms with Gasteiger partial charge in [-0.15, -0.1) is 0 Å². The lowest BCUT2D eigenvalue weighted by Gasteiger charge is -2.43. The second-order valence-electron chi connectivity index (χ2n) is 5.48. The summed E-state index contributed by atoms with van der Waals surface area (Å²) in [5.41, 5.74) is 0.0659. The van der Waals surface area contributed by atoms with Gasteiger partial charge in [-0.3, -0.25) is 4.90 Å². The van der Waals surface area contributed by atoms with Crippen LogP contribution in [0.3, 0.4) is 0 Å². The van der Waals surface area contributed by atoms with E-state index < -0.39 is 0 Å². The predicted molar refractivity (Wildman–Crippen MR) is 73.5 cm³/mol. The summed E-state index contributed by atoms with van der Waals surface area (Å²) in [6.07, 6.45) is 5.00. The zero-order valence-corrected chi connectivity index (χ0v) is 12.1. The van der Waals surface area contributed by atoms with Crippen molar-refractivity contribution in [3.05, 3.63) is 0 Å². The first-order chi connectivity index (χ1) is 8.15. The fourth-order valence-electron chi connectivity index (χ4n) is 2.78. The van der Waals surface area contributed by atoms with Crippen molar-refractivity contribution in [3.8, 4) is 0 Å². The molecule has 2 unspecified atom stereocenters. The molecule has 1 N–H and O–H groups in total. The SMILES string of the molecule is CCCC(CNCC)N1CCCC(C)(OC)C1. The average molecular weight is 242 g/mol. The molecular weight excluding hydrogens is 212 g/mol. The number of likely N-dealkylation sites (N-methyl/N-ethyl adjacent to an activating group) is 1. The van der Waals surface area contributed by atoms with Crippen molar-refractivity contribution in [2.24, 2.45) is 0 Å². The number of ether oxygens (including phenoxy) is 1. The number of piperidine rings is 1. The van der Waals surface area contributed by atoms with Crippen LogP contribution in [0.2, 0.25) is 0 Å². The molecule has 0 amide bonds. The van der Waals surface area contributed by atoms with Gasteiger partial charge in [0.2, 0.25) is 0 Å². The van der Waals surface area contributed by atoms with Crippen LogP contribution < -0.4 is 5.32 Å². The summed E-state index contributed by atoms with van der Waals surface area (Å²) < 4.78 is 5.68. The lowest BCUT2D eigenvalue weighted by Crippen LogP contribution is -2.53. The maximum atomic E-state index is 5.68. The number of hydrogen-bond acceptors (Lipinski definition) is 3. The molecule has 2 atom stereocenters. The van der Waals surface area contributed by atoms with Gasteiger partial charge in [-0.2, -0.15) is 0 Å². The van der Waals surface area contributed by atoms with Crippen LogP contribution in [0.5, 0.6) is 0 Å². The smallest absolute Gasteiger partial charge is 0.0777 e. The van der Waals surface area contributed by atoms with E-state index in [0.717, 1.165) is 19.6 Å². The lowest BCUT2D eigenvalue weighted by atomic mass is 9.93. The number of rotatable bonds is 7. The molecule has 0 aromatic carbocycles. The summed E-state index contributed by atoms with van der Waals surface area (Å²) in [7, 11) is 1.85. The first kappa shape index (κ1) is 14.9. The summed E-state index contributed by atoms with van der Waals surface area (Å²) in [4.78, 5) is 2.62. The predicted octanol–water partition coefficient (Wildman–Crippen LogP) is 2.27. The van der Waals surface area contributed by atoms with Crippen molar-refractivity contribution in [1.82, 2.24) is 10.2 Å². The van der Waals surface area contributed by atoms with Crippen LogP contribution in [0.25, 0.3) is 0 Å². The molecular formula is C14H30N2O. The summed E-state index contributed by atoms with van der Waals surface area (Å²) >= 11 is 0. The van der Waals surface area contributed by atoms with Gasteiger partial charge < -0.3 is 10.1 Å². The zero-order chi connectivity index (χ0) is 12.7. The number of likely N-dealkylation sites (tertiary alicyclic amines) is 1. The maximum Gasteiger partial charge on any atom is 0.0777 e. The molecule has 0 saturated carbocycles. The second kappa shape index (κ2) is 7.34. The Morgan fingerprint density at radius 1 is 1.41 bits per heavy atom. The van der Waals surface area contributed by atoms with Crippen LogP contribution in [0.15, 0.2) is 0 Å². The summed E-state index contributed by atoms with van der Waals surface area (Å²) in [6, 6.07) is 0.676. The first-order valence-electron chi connectivity index (χ1n) is 7.15. The summed E-state index contributed by atoms with van der Waals surface area (Å²) in [6.45, 7) is 11.2.